The maximum absolute atomic E-state index is 13.8. The van der Waals surface area contributed by atoms with E-state index in [9.17, 15) is 19.2 Å². The first kappa shape index (κ1) is 27.2. The normalized spacial score (nSPS) is 13.6. The van der Waals surface area contributed by atoms with E-state index in [1.165, 1.54) is 19.1 Å². The Balaban J connectivity index is 1.88. The summed E-state index contributed by atoms with van der Waals surface area (Å²) in [5.41, 5.74) is 1.42. The molecule has 0 aromatic heterocycles. The fourth-order valence-electron chi connectivity index (χ4n) is 3.80. The van der Waals surface area contributed by atoms with E-state index in [4.69, 9.17) is 11.6 Å². The van der Waals surface area contributed by atoms with Gasteiger partial charge in [0, 0.05) is 23.5 Å². The predicted octanol–water partition coefficient (Wildman–Crippen LogP) is 7.62. The van der Waals surface area contributed by atoms with Crippen LogP contribution < -0.4 is 0 Å². The van der Waals surface area contributed by atoms with E-state index in [0.717, 1.165) is 10.6 Å². The summed E-state index contributed by atoms with van der Waals surface area (Å²) >= 11 is 19.8. The van der Waals surface area contributed by atoms with E-state index in [-0.39, 0.29) is 21.7 Å². The van der Waals surface area contributed by atoms with Gasteiger partial charge in [-0.2, -0.15) is 5.01 Å². The van der Waals surface area contributed by atoms with Gasteiger partial charge < -0.3 is 0 Å². The zero-order valence-corrected chi connectivity index (χ0v) is 25.7. The van der Waals surface area contributed by atoms with Crippen LogP contribution in [0.2, 0.25) is 5.02 Å². The molecule has 6 nitrogen and oxygen atoms in total. The minimum Gasteiger partial charge on any atom is -0.292 e. The van der Waals surface area contributed by atoms with Crippen molar-refractivity contribution in [3.63, 3.8) is 0 Å². The van der Waals surface area contributed by atoms with Gasteiger partial charge in [-0.3, -0.25) is 19.2 Å². The number of amides is 3. The molecule has 0 N–H and O–H groups in total. The van der Waals surface area contributed by atoms with Gasteiger partial charge in [-0.25, -0.2) is 5.01 Å². The van der Waals surface area contributed by atoms with E-state index in [2.05, 4.69) is 63.7 Å². The Morgan fingerprint density at radius 2 is 1.33 bits per heavy atom. The van der Waals surface area contributed by atoms with Crippen molar-refractivity contribution in [1.82, 2.24) is 10.0 Å². The molecule has 3 amide bonds. The quantitative estimate of drug-likeness (QED) is 0.116. The highest BCUT2D eigenvalue weighted by Crippen LogP contribution is 2.46. The molecule has 4 rings (SSSR count). The third kappa shape index (κ3) is 4.51. The Hall–Kier alpha value is -1.85. The maximum Gasteiger partial charge on any atom is 0.282 e. The second-order valence-electron chi connectivity index (χ2n) is 7.96. The van der Waals surface area contributed by atoms with Crippen molar-refractivity contribution < 1.29 is 19.2 Å². The third-order valence-electron chi connectivity index (χ3n) is 5.69. The second-order valence-corrected chi connectivity index (χ2v) is 11.5. The van der Waals surface area contributed by atoms with Crippen LogP contribution in [0.15, 0.2) is 66.4 Å². The monoisotopic (exact) mass is 758 g/mol. The molecule has 0 spiro atoms. The Morgan fingerprint density at radius 1 is 0.833 bits per heavy atom. The third-order valence-corrected chi connectivity index (χ3v) is 10.8. The predicted molar refractivity (Wildman–Crippen MR) is 150 cm³/mol. The number of rotatable bonds is 5. The van der Waals surface area contributed by atoms with Crippen molar-refractivity contribution in [2.45, 2.75) is 19.9 Å². The first-order valence-corrected chi connectivity index (χ1v) is 14.0. The average molecular weight is 762 g/mol. The summed E-state index contributed by atoms with van der Waals surface area (Å²) in [5.74, 6) is -2.75. The van der Waals surface area contributed by atoms with Crippen LogP contribution in [0.1, 0.15) is 53.9 Å². The molecule has 0 saturated carbocycles. The van der Waals surface area contributed by atoms with Crippen molar-refractivity contribution in [1.29, 1.82) is 0 Å². The molecule has 11 heteroatoms. The summed E-state index contributed by atoms with van der Waals surface area (Å²) in [4.78, 5) is 54.7. The van der Waals surface area contributed by atoms with Crippen molar-refractivity contribution >= 4 is 98.8 Å². The van der Waals surface area contributed by atoms with Crippen molar-refractivity contribution in [3.8, 4) is 0 Å². The van der Waals surface area contributed by atoms with Gasteiger partial charge >= 0.3 is 0 Å². The van der Waals surface area contributed by atoms with Gasteiger partial charge in [0.15, 0.2) is 5.78 Å². The highest BCUT2D eigenvalue weighted by molar-refractivity contribution is 9.15. The molecule has 0 bridgehead atoms. The lowest BCUT2D eigenvalue weighted by molar-refractivity contribution is -0.00684. The molecular formula is C25H15Br4ClN2O4. The number of carbonyl (C=O) groups excluding carboxylic acids is 4. The number of hydrogen-bond donors (Lipinski definition) is 0. The Morgan fingerprint density at radius 3 is 1.83 bits per heavy atom. The van der Waals surface area contributed by atoms with Crippen LogP contribution in [0.4, 0.5) is 0 Å². The molecule has 1 aliphatic rings. The number of halogens is 5. The number of Topliss-reactive ketones (excluding diaryl/α,β-unsaturated/α-hetero) is 1. The molecule has 1 heterocycles. The van der Waals surface area contributed by atoms with Crippen LogP contribution in [0.3, 0.4) is 0 Å². The second kappa shape index (κ2) is 10.5. The molecule has 36 heavy (non-hydrogen) atoms. The molecule has 0 saturated heterocycles. The zero-order valence-electron chi connectivity index (χ0n) is 18.6. The van der Waals surface area contributed by atoms with Crippen molar-refractivity contribution in [3.05, 3.63) is 99.3 Å². The molecule has 3 aromatic rings. The van der Waals surface area contributed by atoms with E-state index in [0.29, 0.717) is 28.5 Å². The van der Waals surface area contributed by atoms with Crippen molar-refractivity contribution in [2.75, 3.05) is 0 Å². The molecule has 1 aliphatic heterocycles. The number of ketones is 1. The number of fused-ring (bicyclic) bond motifs is 1. The van der Waals surface area contributed by atoms with Crippen LogP contribution >= 0.6 is 75.3 Å². The number of hydrogen-bond acceptors (Lipinski definition) is 4. The molecule has 0 radical (unpaired) electrons. The Kier molecular flexibility index (Phi) is 7.92. The Labute approximate surface area is 245 Å². The van der Waals surface area contributed by atoms with Gasteiger partial charge in [0.1, 0.15) is 6.04 Å². The fourth-order valence-corrected chi connectivity index (χ4v) is 6.47. The van der Waals surface area contributed by atoms with Crippen LogP contribution in [0.25, 0.3) is 0 Å². The molecule has 3 aromatic carbocycles. The largest absolute Gasteiger partial charge is 0.292 e. The summed E-state index contributed by atoms with van der Waals surface area (Å²) in [7, 11) is 0. The number of nitrogens with zero attached hydrogens (tertiary/aromatic N) is 2. The SMILES string of the molecule is Cc1ccc(C(=O)[C@H](C)N(C(=O)c2ccccc2Cl)N2C(=O)c3c(Br)c(Br)c(Br)c(Br)c3C2=O)cc1. The average Bonchev–Trinajstić information content (AvgIpc) is 3.12. The number of hydrazine groups is 1. The minimum atomic E-state index is -1.22. The lowest BCUT2D eigenvalue weighted by atomic mass is 10.0. The summed E-state index contributed by atoms with van der Waals surface area (Å²) < 4.78 is 1.67. The summed E-state index contributed by atoms with van der Waals surface area (Å²) in [6.07, 6.45) is 0. The minimum absolute atomic E-state index is 0.0415. The number of benzene rings is 3. The smallest absolute Gasteiger partial charge is 0.282 e. The molecule has 0 unspecified atom stereocenters. The van der Waals surface area contributed by atoms with Gasteiger partial charge in [-0.1, -0.05) is 53.6 Å². The lowest BCUT2D eigenvalue weighted by Crippen LogP contribution is -2.56. The highest BCUT2D eigenvalue weighted by atomic mass is 79.9. The Bertz CT molecular complexity index is 1410. The van der Waals surface area contributed by atoms with E-state index < -0.39 is 29.5 Å². The highest BCUT2D eigenvalue weighted by Gasteiger charge is 2.48. The first-order chi connectivity index (χ1) is 17.0. The first-order valence-electron chi connectivity index (χ1n) is 10.4. The lowest BCUT2D eigenvalue weighted by Gasteiger charge is -2.34. The number of carbonyl (C=O) groups is 4. The summed E-state index contributed by atoms with van der Waals surface area (Å²) in [5, 5.41) is 1.71. The van der Waals surface area contributed by atoms with E-state index >= 15 is 0 Å². The van der Waals surface area contributed by atoms with Gasteiger partial charge in [-0.05, 0) is 89.7 Å². The fraction of sp³-hybridized carbons (Fsp3) is 0.120. The van der Waals surface area contributed by atoms with Gasteiger partial charge in [0.25, 0.3) is 17.7 Å². The molecule has 0 fully saturated rings. The number of imide groups is 1. The van der Waals surface area contributed by atoms with Gasteiger partial charge in [0.05, 0.1) is 21.7 Å². The number of aryl methyl sites for hydroxylation is 1. The summed E-state index contributed by atoms with van der Waals surface area (Å²) in [6, 6.07) is 11.8. The van der Waals surface area contributed by atoms with E-state index in [1.807, 2.05) is 6.92 Å². The van der Waals surface area contributed by atoms with Crippen LogP contribution in [-0.4, -0.2) is 39.6 Å². The topological polar surface area (TPSA) is 74.8 Å². The summed E-state index contributed by atoms with van der Waals surface area (Å²) in [6.45, 7) is 3.35. The van der Waals surface area contributed by atoms with Crippen LogP contribution in [-0.2, 0) is 0 Å². The zero-order chi connectivity index (χ0) is 26.5. The molecule has 184 valence electrons. The van der Waals surface area contributed by atoms with Crippen LogP contribution in [0.5, 0.6) is 0 Å². The van der Waals surface area contributed by atoms with Crippen molar-refractivity contribution in [2.24, 2.45) is 0 Å². The van der Waals surface area contributed by atoms with Gasteiger partial charge in [0.2, 0.25) is 0 Å². The maximum atomic E-state index is 13.8. The molecule has 0 aliphatic carbocycles. The van der Waals surface area contributed by atoms with E-state index in [1.54, 1.807) is 36.4 Å². The standard InChI is InChI=1S/C25H15Br4ClN2O4/c1-11-7-9-13(10-8-11)22(33)12(2)31(23(34)14-5-3-4-6-15(14)30)32-24(35)16-17(25(32)36)19(27)21(29)20(28)18(16)26/h3-10,12H,1-2H3/t12-/m0/s1. The van der Waals surface area contributed by atoms with Crippen LogP contribution in [0, 0.1) is 6.92 Å². The van der Waals surface area contributed by atoms with Gasteiger partial charge in [-0.15, -0.1) is 0 Å². The molecule has 1 atom stereocenters. The molecular weight excluding hydrogens is 747 g/mol.